The molecule has 11 heavy (non-hydrogen) atoms. The molecule has 0 radical (unpaired) electrons. The van der Waals surface area contributed by atoms with Gasteiger partial charge in [-0.15, -0.1) is 0 Å². The van der Waals surface area contributed by atoms with E-state index in [4.69, 9.17) is 4.65 Å². The molecular formula is C7H16BNO2. The SMILES string of the molecule is CCN(C)C(=O)OBC(C)C. The lowest BCUT2D eigenvalue weighted by Gasteiger charge is -2.15. The van der Waals surface area contributed by atoms with Crippen LogP contribution >= 0.6 is 0 Å². The number of rotatable bonds is 3. The van der Waals surface area contributed by atoms with Crippen molar-refractivity contribution in [3.8, 4) is 0 Å². The fourth-order valence-electron chi connectivity index (χ4n) is 0.477. The van der Waals surface area contributed by atoms with Crippen LogP contribution in [0, 0.1) is 0 Å². The predicted molar refractivity (Wildman–Crippen MR) is 47.0 cm³/mol. The molecule has 0 N–H and O–H groups in total. The van der Waals surface area contributed by atoms with Crippen LogP contribution < -0.4 is 0 Å². The largest absolute Gasteiger partial charge is 0.524 e. The first-order chi connectivity index (χ1) is 5.07. The van der Waals surface area contributed by atoms with Crippen LogP contribution in [0.5, 0.6) is 0 Å². The molecule has 64 valence electrons. The molecule has 0 aromatic carbocycles. The lowest BCUT2D eigenvalue weighted by atomic mass is 9.84. The molecule has 4 heteroatoms. The highest BCUT2D eigenvalue weighted by Crippen LogP contribution is 1.98. The maximum atomic E-state index is 11.0. The third kappa shape index (κ3) is 4.70. The van der Waals surface area contributed by atoms with Gasteiger partial charge >= 0.3 is 13.6 Å². The van der Waals surface area contributed by atoms with Crippen LogP contribution in [0.15, 0.2) is 0 Å². The van der Waals surface area contributed by atoms with Crippen LogP contribution in [0.25, 0.3) is 0 Å². The molecule has 0 aliphatic heterocycles. The van der Waals surface area contributed by atoms with Gasteiger partial charge in [0.05, 0.1) is 0 Å². The second-order valence-corrected chi connectivity index (χ2v) is 2.98. The Balaban J connectivity index is 3.52. The molecule has 0 rings (SSSR count). The fraction of sp³-hybridized carbons (Fsp3) is 0.857. The van der Waals surface area contributed by atoms with Crippen molar-refractivity contribution < 1.29 is 9.45 Å². The Labute approximate surface area is 69.0 Å². The van der Waals surface area contributed by atoms with E-state index < -0.39 is 0 Å². The summed E-state index contributed by atoms with van der Waals surface area (Å²) in [5.41, 5.74) is 0. The second-order valence-electron chi connectivity index (χ2n) is 2.98. The molecule has 1 amide bonds. The van der Waals surface area contributed by atoms with E-state index in [2.05, 4.69) is 0 Å². The van der Waals surface area contributed by atoms with Gasteiger partial charge in [-0.05, 0) is 12.7 Å². The van der Waals surface area contributed by atoms with Gasteiger partial charge in [0, 0.05) is 13.6 Å². The molecule has 3 nitrogen and oxygen atoms in total. The van der Waals surface area contributed by atoms with E-state index in [-0.39, 0.29) is 6.09 Å². The van der Waals surface area contributed by atoms with E-state index in [1.54, 1.807) is 11.9 Å². The Hall–Kier alpha value is -0.665. The van der Waals surface area contributed by atoms with Gasteiger partial charge in [0.2, 0.25) is 0 Å². The highest BCUT2D eigenvalue weighted by Gasteiger charge is 2.08. The molecule has 0 unspecified atom stereocenters. The maximum absolute atomic E-state index is 11.0. The van der Waals surface area contributed by atoms with Gasteiger partial charge in [0.1, 0.15) is 0 Å². The number of hydrogen-bond donors (Lipinski definition) is 0. The Morgan fingerprint density at radius 2 is 2.18 bits per heavy atom. The summed E-state index contributed by atoms with van der Waals surface area (Å²) < 4.78 is 4.94. The summed E-state index contributed by atoms with van der Waals surface area (Å²) in [4.78, 5) is 12.5. The third-order valence-corrected chi connectivity index (χ3v) is 1.33. The zero-order chi connectivity index (χ0) is 8.85. The molecule has 0 aliphatic rings. The van der Waals surface area contributed by atoms with Crippen molar-refractivity contribution in [2.45, 2.75) is 26.6 Å². The van der Waals surface area contributed by atoms with Crippen LogP contribution in [-0.2, 0) is 4.65 Å². The van der Waals surface area contributed by atoms with Crippen LogP contribution in [0.1, 0.15) is 20.8 Å². The first-order valence-corrected chi connectivity index (χ1v) is 3.95. The zero-order valence-electron chi connectivity index (χ0n) is 7.76. The molecule has 0 saturated carbocycles. The molecule has 0 spiro atoms. The molecule has 0 bridgehead atoms. The van der Waals surface area contributed by atoms with Gasteiger partial charge in [-0.1, -0.05) is 13.8 Å². The summed E-state index contributed by atoms with van der Waals surface area (Å²) in [7, 11) is 2.23. The third-order valence-electron chi connectivity index (χ3n) is 1.33. The molecule has 0 aliphatic carbocycles. The number of carbonyl (C=O) groups excluding carboxylic acids is 1. The molecular weight excluding hydrogens is 141 g/mol. The van der Waals surface area contributed by atoms with Gasteiger partial charge in [-0.25, -0.2) is 4.79 Å². The zero-order valence-corrected chi connectivity index (χ0v) is 7.76. The van der Waals surface area contributed by atoms with Crippen molar-refractivity contribution in [2.75, 3.05) is 13.6 Å². The topological polar surface area (TPSA) is 29.5 Å². The molecule has 0 heterocycles. The Morgan fingerprint density at radius 1 is 1.64 bits per heavy atom. The van der Waals surface area contributed by atoms with Crippen molar-refractivity contribution in [1.29, 1.82) is 0 Å². The minimum atomic E-state index is -0.235. The van der Waals surface area contributed by atoms with Crippen LogP contribution in [0.4, 0.5) is 4.79 Å². The van der Waals surface area contributed by atoms with Crippen molar-refractivity contribution in [2.24, 2.45) is 0 Å². The predicted octanol–water partition coefficient (Wildman–Crippen LogP) is 1.25. The van der Waals surface area contributed by atoms with Crippen LogP contribution in [-0.4, -0.2) is 32.1 Å². The van der Waals surface area contributed by atoms with E-state index in [1.165, 1.54) is 0 Å². The van der Waals surface area contributed by atoms with Gasteiger partial charge in [-0.2, -0.15) is 0 Å². The van der Waals surface area contributed by atoms with E-state index >= 15 is 0 Å². The van der Waals surface area contributed by atoms with Gasteiger partial charge in [0.15, 0.2) is 0 Å². The smallest absolute Gasteiger partial charge is 0.391 e. The lowest BCUT2D eigenvalue weighted by Crippen LogP contribution is -2.28. The van der Waals surface area contributed by atoms with Crippen molar-refractivity contribution in [3.63, 3.8) is 0 Å². The molecule has 0 fully saturated rings. The summed E-state index contributed by atoms with van der Waals surface area (Å²) in [5.74, 6) is 0.407. The number of nitrogens with zero attached hydrogens (tertiary/aromatic N) is 1. The first kappa shape index (κ1) is 10.3. The fourth-order valence-corrected chi connectivity index (χ4v) is 0.477. The average Bonchev–Trinajstić information content (AvgIpc) is 1.98. The monoisotopic (exact) mass is 157 g/mol. The minimum Gasteiger partial charge on any atom is -0.524 e. The van der Waals surface area contributed by atoms with Crippen molar-refractivity contribution in [3.05, 3.63) is 0 Å². The lowest BCUT2D eigenvalue weighted by molar-refractivity contribution is 0.166. The normalized spacial score (nSPS) is 9.55. The van der Waals surface area contributed by atoms with Crippen LogP contribution in [0.3, 0.4) is 0 Å². The quantitative estimate of drug-likeness (QED) is 0.577. The Kier molecular flexibility index (Phi) is 4.74. The van der Waals surface area contributed by atoms with Gasteiger partial charge in [-0.3, -0.25) is 0 Å². The molecule has 0 aromatic rings. The Bertz CT molecular complexity index is 128. The molecule has 0 aromatic heterocycles. The van der Waals surface area contributed by atoms with Crippen molar-refractivity contribution in [1.82, 2.24) is 4.90 Å². The highest BCUT2D eigenvalue weighted by atomic mass is 16.5. The molecule has 0 saturated heterocycles. The van der Waals surface area contributed by atoms with Crippen molar-refractivity contribution >= 4 is 13.6 Å². The number of carbonyl (C=O) groups is 1. The maximum Gasteiger partial charge on any atom is 0.391 e. The summed E-state index contributed by atoms with van der Waals surface area (Å²) in [6.45, 7) is 6.63. The molecule has 0 atom stereocenters. The summed E-state index contributed by atoms with van der Waals surface area (Å²) >= 11 is 0. The number of amides is 1. The van der Waals surface area contributed by atoms with Gasteiger partial charge in [0.25, 0.3) is 0 Å². The standard InChI is InChI=1S/C7H16BNO2/c1-5-9(4)7(10)11-8-6(2)3/h6,8H,5H2,1-4H3. The minimum absolute atomic E-state index is 0.235. The van der Waals surface area contributed by atoms with Gasteiger partial charge < -0.3 is 9.55 Å². The summed E-state index contributed by atoms with van der Waals surface area (Å²) in [6.07, 6.45) is -0.235. The summed E-state index contributed by atoms with van der Waals surface area (Å²) in [6, 6.07) is 0. The Morgan fingerprint density at radius 3 is 2.55 bits per heavy atom. The second kappa shape index (κ2) is 5.05. The average molecular weight is 157 g/mol. The van der Waals surface area contributed by atoms with E-state index in [9.17, 15) is 4.79 Å². The highest BCUT2D eigenvalue weighted by molar-refractivity contribution is 6.32. The number of hydrogen-bond acceptors (Lipinski definition) is 2. The van der Waals surface area contributed by atoms with E-state index in [0.29, 0.717) is 19.8 Å². The van der Waals surface area contributed by atoms with E-state index in [0.717, 1.165) is 0 Å². The van der Waals surface area contributed by atoms with E-state index in [1.807, 2.05) is 20.8 Å². The first-order valence-electron chi connectivity index (χ1n) is 3.95. The van der Waals surface area contributed by atoms with Crippen LogP contribution in [0.2, 0.25) is 5.82 Å². The summed E-state index contributed by atoms with van der Waals surface area (Å²) in [5, 5.41) is 0.